The Morgan fingerprint density at radius 2 is 1.96 bits per heavy atom. The number of aryl methyl sites for hydroxylation is 1. The number of sulfonamides is 1. The van der Waals surface area contributed by atoms with Gasteiger partial charge in [0.2, 0.25) is 21.8 Å². The maximum absolute atomic E-state index is 13.2. The maximum Gasteiger partial charge on any atom is 0.249 e. The molecule has 1 aliphatic rings. The molecule has 0 bridgehead atoms. The van der Waals surface area contributed by atoms with Crippen LogP contribution in [0.3, 0.4) is 0 Å². The molecule has 146 valence electrons. The van der Waals surface area contributed by atoms with E-state index in [1.165, 1.54) is 4.31 Å². The third kappa shape index (κ3) is 3.76. The van der Waals surface area contributed by atoms with Gasteiger partial charge in [-0.3, -0.25) is 9.29 Å². The number of hydrogen-bond donors (Lipinski definition) is 0. The normalized spacial score (nSPS) is 17.0. The fraction of sp³-hybridized carbons (Fsp3) is 0.316. The first-order valence-electron chi connectivity index (χ1n) is 8.94. The van der Waals surface area contributed by atoms with Crippen molar-refractivity contribution in [2.24, 2.45) is 0 Å². The zero-order chi connectivity index (χ0) is 19.6. The van der Waals surface area contributed by atoms with Crippen LogP contribution in [0, 0.1) is 6.92 Å². The van der Waals surface area contributed by atoms with Crippen LogP contribution in [0.5, 0.6) is 0 Å². The molecule has 8 nitrogen and oxygen atoms in total. The van der Waals surface area contributed by atoms with Gasteiger partial charge in [-0.05, 0) is 30.7 Å². The fourth-order valence-corrected chi connectivity index (χ4v) is 4.81. The van der Waals surface area contributed by atoms with Gasteiger partial charge in [0.15, 0.2) is 0 Å². The van der Waals surface area contributed by atoms with Gasteiger partial charge in [-0.25, -0.2) is 8.42 Å². The van der Waals surface area contributed by atoms with Gasteiger partial charge >= 0.3 is 0 Å². The number of hydrogen-bond acceptors (Lipinski definition) is 7. The highest BCUT2D eigenvalue weighted by atomic mass is 32.2. The maximum atomic E-state index is 13.2. The van der Waals surface area contributed by atoms with Crippen molar-refractivity contribution in [3.05, 3.63) is 60.2 Å². The van der Waals surface area contributed by atoms with Crippen molar-refractivity contribution in [2.45, 2.75) is 25.1 Å². The van der Waals surface area contributed by atoms with Crippen molar-refractivity contribution >= 4 is 15.7 Å². The van der Waals surface area contributed by atoms with Crippen molar-refractivity contribution in [3.63, 3.8) is 0 Å². The molecule has 0 N–H and O–H groups in total. The average molecular weight is 400 g/mol. The van der Waals surface area contributed by atoms with Crippen LogP contribution in [0.25, 0.3) is 11.5 Å². The van der Waals surface area contributed by atoms with Crippen LogP contribution in [0.1, 0.15) is 18.0 Å². The van der Waals surface area contributed by atoms with Crippen LogP contribution < -0.4 is 4.31 Å². The van der Waals surface area contributed by atoms with E-state index in [1.807, 2.05) is 18.2 Å². The quantitative estimate of drug-likeness (QED) is 0.627. The zero-order valence-corrected chi connectivity index (χ0v) is 16.2. The Kier molecular flexibility index (Phi) is 5.10. The largest absolute Gasteiger partial charge is 0.421 e. The van der Waals surface area contributed by atoms with Gasteiger partial charge in [-0.15, -0.1) is 10.2 Å². The molecule has 0 aliphatic carbocycles. The molecular formula is C19H20N4O4S. The first-order chi connectivity index (χ1) is 13.5. The van der Waals surface area contributed by atoms with Crippen molar-refractivity contribution in [1.82, 2.24) is 15.2 Å². The molecular weight excluding hydrogens is 380 g/mol. The number of ether oxygens (including phenoxy) is 1. The molecule has 1 aliphatic heterocycles. The van der Waals surface area contributed by atoms with Crippen LogP contribution in [0.2, 0.25) is 0 Å². The predicted octanol–water partition coefficient (Wildman–Crippen LogP) is 2.57. The fourth-order valence-electron chi connectivity index (χ4n) is 3.06. The molecule has 1 atom stereocenters. The van der Waals surface area contributed by atoms with E-state index in [2.05, 4.69) is 15.2 Å². The molecule has 0 amide bonds. The Balaban J connectivity index is 1.62. The van der Waals surface area contributed by atoms with Crippen LogP contribution in [0.15, 0.2) is 53.1 Å². The smallest absolute Gasteiger partial charge is 0.249 e. The van der Waals surface area contributed by atoms with Crippen molar-refractivity contribution < 1.29 is 17.6 Å². The van der Waals surface area contributed by atoms with E-state index >= 15 is 0 Å². The number of pyridine rings is 1. The van der Waals surface area contributed by atoms with Crippen LogP contribution >= 0.6 is 0 Å². The molecule has 1 fully saturated rings. The predicted molar refractivity (Wildman–Crippen MR) is 103 cm³/mol. The first-order valence-corrected chi connectivity index (χ1v) is 10.4. The van der Waals surface area contributed by atoms with E-state index in [4.69, 9.17) is 9.15 Å². The second-order valence-electron chi connectivity index (χ2n) is 6.54. The second-order valence-corrected chi connectivity index (χ2v) is 8.67. The van der Waals surface area contributed by atoms with Crippen LogP contribution in [-0.2, 0) is 21.3 Å². The molecule has 1 saturated heterocycles. The highest BCUT2D eigenvalue weighted by Crippen LogP contribution is 2.26. The molecule has 1 aromatic carbocycles. The Hall–Kier alpha value is -2.78. The molecule has 3 heterocycles. The van der Waals surface area contributed by atoms with Crippen LogP contribution in [0.4, 0.5) is 5.69 Å². The highest BCUT2D eigenvalue weighted by molar-refractivity contribution is 7.93. The summed E-state index contributed by atoms with van der Waals surface area (Å²) in [5, 5.41) is 7.23. The van der Waals surface area contributed by atoms with Gasteiger partial charge in [-0.2, -0.15) is 0 Å². The summed E-state index contributed by atoms with van der Waals surface area (Å²) in [6.45, 7) is 2.53. The topological polar surface area (TPSA) is 98.4 Å². The van der Waals surface area contributed by atoms with Crippen molar-refractivity contribution in [1.29, 1.82) is 0 Å². The van der Waals surface area contributed by atoms with Gasteiger partial charge in [0.1, 0.15) is 5.25 Å². The third-order valence-corrected chi connectivity index (χ3v) is 6.73. The van der Waals surface area contributed by atoms with Gasteiger partial charge in [-0.1, -0.05) is 18.2 Å². The molecule has 0 saturated carbocycles. The molecule has 3 aromatic rings. The van der Waals surface area contributed by atoms with E-state index in [-0.39, 0.29) is 13.2 Å². The second kappa shape index (κ2) is 7.69. The Morgan fingerprint density at radius 3 is 2.57 bits per heavy atom. The van der Waals surface area contributed by atoms with Crippen molar-refractivity contribution in [3.8, 4) is 11.5 Å². The first kappa shape index (κ1) is 18.6. The number of benzene rings is 1. The van der Waals surface area contributed by atoms with Crippen LogP contribution in [-0.4, -0.2) is 42.1 Å². The minimum atomic E-state index is -3.58. The number of nitrogens with zero attached hydrogens (tertiary/aromatic N) is 4. The van der Waals surface area contributed by atoms with Gasteiger partial charge in [0, 0.05) is 19.7 Å². The lowest BCUT2D eigenvalue weighted by Crippen LogP contribution is -2.39. The molecule has 4 rings (SSSR count). The molecule has 9 heteroatoms. The third-order valence-electron chi connectivity index (χ3n) is 4.56. The minimum absolute atomic E-state index is 0.131. The molecule has 28 heavy (non-hydrogen) atoms. The highest BCUT2D eigenvalue weighted by Gasteiger charge is 2.35. The molecule has 1 unspecified atom stereocenters. The summed E-state index contributed by atoms with van der Waals surface area (Å²) in [6.07, 6.45) is 2.10. The Labute approximate surface area is 163 Å². The monoisotopic (exact) mass is 400 g/mol. The standard InChI is InChI=1S/C19H20N4O4S/c1-14-21-22-19(27-14)15-7-8-16(20-11-15)12-23(17-5-3-2-4-6-17)28(24,25)18-9-10-26-13-18/h2-8,11,18H,9-10,12-13H2,1H3. The number of aromatic nitrogens is 3. The lowest BCUT2D eigenvalue weighted by Gasteiger charge is -2.27. The van der Waals surface area contributed by atoms with E-state index < -0.39 is 15.3 Å². The van der Waals surface area contributed by atoms with Gasteiger partial charge < -0.3 is 9.15 Å². The van der Waals surface area contributed by atoms with Gasteiger partial charge in [0.05, 0.1) is 30.1 Å². The average Bonchev–Trinajstić information content (AvgIpc) is 3.39. The zero-order valence-electron chi connectivity index (χ0n) is 15.4. The minimum Gasteiger partial charge on any atom is -0.421 e. The van der Waals surface area contributed by atoms with E-state index in [0.29, 0.717) is 41.8 Å². The Morgan fingerprint density at radius 1 is 1.14 bits per heavy atom. The van der Waals surface area contributed by atoms with E-state index in [1.54, 1.807) is 37.4 Å². The summed E-state index contributed by atoms with van der Waals surface area (Å²) < 4.78 is 38.5. The summed E-state index contributed by atoms with van der Waals surface area (Å²) in [4.78, 5) is 4.40. The van der Waals surface area contributed by atoms with Gasteiger partial charge in [0.25, 0.3) is 0 Å². The van der Waals surface area contributed by atoms with E-state index in [0.717, 1.165) is 0 Å². The Bertz CT molecular complexity index is 1030. The number of rotatable bonds is 6. The lowest BCUT2D eigenvalue weighted by atomic mass is 10.2. The summed E-state index contributed by atoms with van der Waals surface area (Å²) in [7, 11) is -3.58. The lowest BCUT2D eigenvalue weighted by molar-refractivity contribution is 0.198. The molecule has 0 spiro atoms. The summed E-state index contributed by atoms with van der Waals surface area (Å²) in [5.41, 5.74) is 1.90. The summed E-state index contributed by atoms with van der Waals surface area (Å²) in [5.74, 6) is 0.853. The summed E-state index contributed by atoms with van der Waals surface area (Å²) in [6, 6.07) is 12.6. The molecule has 0 radical (unpaired) electrons. The van der Waals surface area contributed by atoms with Crippen molar-refractivity contribution in [2.75, 3.05) is 17.5 Å². The molecule has 2 aromatic heterocycles. The van der Waals surface area contributed by atoms with E-state index in [9.17, 15) is 8.42 Å². The number of anilines is 1. The SMILES string of the molecule is Cc1nnc(-c2ccc(CN(c3ccccc3)S(=O)(=O)C3CCOC3)nc2)o1. The number of para-hydroxylation sites is 1. The summed E-state index contributed by atoms with van der Waals surface area (Å²) >= 11 is 0.